The fraction of sp³-hybridized carbons (Fsp3) is 0.316. The van der Waals surface area contributed by atoms with E-state index in [0.29, 0.717) is 45.8 Å². The largest absolute Gasteiger partial charge is 0.464 e. The number of H-pyrrole nitrogens is 1. The van der Waals surface area contributed by atoms with E-state index in [1.54, 1.807) is 12.1 Å². The fourth-order valence-corrected chi connectivity index (χ4v) is 4.13. The van der Waals surface area contributed by atoms with E-state index in [4.69, 9.17) is 16.0 Å². The molecule has 0 atom stereocenters. The summed E-state index contributed by atoms with van der Waals surface area (Å²) in [7, 11) is -3.60. The molecule has 1 aliphatic heterocycles. The van der Waals surface area contributed by atoms with Crippen molar-refractivity contribution >= 4 is 32.4 Å². The van der Waals surface area contributed by atoms with Crippen molar-refractivity contribution in [2.75, 3.05) is 12.8 Å². The first-order valence-corrected chi connectivity index (χ1v) is 11.2. The molecule has 0 amide bonds. The smallest absolute Gasteiger partial charge is 0.256 e. The van der Waals surface area contributed by atoms with Crippen molar-refractivity contribution in [3.05, 3.63) is 66.4 Å². The van der Waals surface area contributed by atoms with Gasteiger partial charge in [0, 0.05) is 42.9 Å². The molecule has 3 heterocycles. The van der Waals surface area contributed by atoms with Crippen molar-refractivity contribution in [3.8, 4) is 0 Å². The van der Waals surface area contributed by atoms with E-state index in [9.17, 15) is 18.0 Å². The van der Waals surface area contributed by atoms with Crippen LogP contribution in [0.1, 0.15) is 22.4 Å². The van der Waals surface area contributed by atoms with Gasteiger partial charge in [0.2, 0.25) is 15.0 Å². The third-order valence-corrected chi connectivity index (χ3v) is 6.30. The molecule has 0 saturated heterocycles. The summed E-state index contributed by atoms with van der Waals surface area (Å²) in [6.07, 6.45) is 2.84. The van der Waals surface area contributed by atoms with Crippen molar-refractivity contribution in [1.82, 2.24) is 14.9 Å². The standard InChI is InChI=1S/C19H18ClN3O5S/c1-10-5-16-12(6-14(10)20)17(24)11(9-28-16)7-23-4-3-15-13(8-23)18(25)22-19(21-15)29(2,26)27/h5-6,9H,3-4,7-8H2,1-2H3,(H,21,22,25). The lowest BCUT2D eigenvalue weighted by atomic mass is 10.1. The average molecular weight is 436 g/mol. The average Bonchev–Trinajstić information content (AvgIpc) is 2.65. The summed E-state index contributed by atoms with van der Waals surface area (Å²) in [4.78, 5) is 33.6. The van der Waals surface area contributed by atoms with Gasteiger partial charge in [-0.1, -0.05) is 11.6 Å². The molecule has 1 N–H and O–H groups in total. The van der Waals surface area contributed by atoms with Gasteiger partial charge in [0.1, 0.15) is 5.58 Å². The van der Waals surface area contributed by atoms with Crippen molar-refractivity contribution in [2.45, 2.75) is 31.6 Å². The zero-order chi connectivity index (χ0) is 20.9. The molecule has 3 aromatic rings. The Labute approximate surface area is 171 Å². The van der Waals surface area contributed by atoms with Gasteiger partial charge >= 0.3 is 0 Å². The van der Waals surface area contributed by atoms with Crippen LogP contribution in [0.25, 0.3) is 11.0 Å². The number of rotatable bonds is 3. The Morgan fingerprint density at radius 1 is 1.31 bits per heavy atom. The molecule has 10 heteroatoms. The number of fused-ring (bicyclic) bond motifs is 2. The maximum Gasteiger partial charge on any atom is 0.256 e. The lowest BCUT2D eigenvalue weighted by molar-refractivity contribution is 0.238. The molecular formula is C19H18ClN3O5S. The molecule has 0 fully saturated rings. The van der Waals surface area contributed by atoms with Gasteiger partial charge in [-0.3, -0.25) is 19.5 Å². The van der Waals surface area contributed by atoms with Crippen LogP contribution in [0, 0.1) is 6.92 Å². The predicted octanol–water partition coefficient (Wildman–Crippen LogP) is 1.80. The number of halogens is 1. The number of aryl methyl sites for hydroxylation is 1. The Morgan fingerprint density at radius 2 is 2.07 bits per heavy atom. The Kier molecular flexibility index (Phi) is 4.84. The van der Waals surface area contributed by atoms with Crippen LogP contribution in [0.4, 0.5) is 0 Å². The number of aromatic amines is 1. The van der Waals surface area contributed by atoms with E-state index in [2.05, 4.69) is 9.97 Å². The maximum absolute atomic E-state index is 12.8. The van der Waals surface area contributed by atoms with E-state index in [1.807, 2.05) is 11.8 Å². The third kappa shape index (κ3) is 3.73. The number of nitrogens with one attached hydrogen (secondary N) is 1. The molecule has 152 valence electrons. The number of aromatic nitrogens is 2. The highest BCUT2D eigenvalue weighted by Crippen LogP contribution is 2.23. The van der Waals surface area contributed by atoms with Crippen LogP contribution in [0.2, 0.25) is 5.02 Å². The molecule has 1 aliphatic rings. The summed E-state index contributed by atoms with van der Waals surface area (Å²) in [5, 5.41) is 0.581. The normalized spacial score (nSPS) is 14.9. The highest BCUT2D eigenvalue weighted by atomic mass is 35.5. The second-order valence-corrected chi connectivity index (χ2v) is 9.55. The van der Waals surface area contributed by atoms with Crippen molar-refractivity contribution in [2.24, 2.45) is 0 Å². The first-order valence-electron chi connectivity index (χ1n) is 8.88. The van der Waals surface area contributed by atoms with E-state index in [0.717, 1.165) is 11.8 Å². The summed E-state index contributed by atoms with van der Waals surface area (Å²) in [6.45, 7) is 2.91. The van der Waals surface area contributed by atoms with Crippen molar-refractivity contribution in [3.63, 3.8) is 0 Å². The number of hydrogen-bond acceptors (Lipinski definition) is 7. The molecule has 0 unspecified atom stereocenters. The van der Waals surface area contributed by atoms with Gasteiger partial charge in [-0.25, -0.2) is 13.4 Å². The Hall–Kier alpha value is -2.49. The summed E-state index contributed by atoms with van der Waals surface area (Å²) in [5.74, 6) is 0. The monoisotopic (exact) mass is 435 g/mol. The molecule has 8 nitrogen and oxygen atoms in total. The van der Waals surface area contributed by atoms with Crippen LogP contribution in [0.15, 0.2) is 37.6 Å². The van der Waals surface area contributed by atoms with E-state index in [-0.39, 0.29) is 23.7 Å². The second kappa shape index (κ2) is 7.08. The molecular weight excluding hydrogens is 418 g/mol. The number of benzene rings is 1. The fourth-order valence-electron chi connectivity index (χ4n) is 3.41. The van der Waals surface area contributed by atoms with Crippen molar-refractivity contribution < 1.29 is 12.8 Å². The second-order valence-electron chi connectivity index (χ2n) is 7.22. The highest BCUT2D eigenvalue weighted by Gasteiger charge is 2.24. The van der Waals surface area contributed by atoms with Gasteiger partial charge in [0.25, 0.3) is 5.56 Å². The Morgan fingerprint density at radius 3 is 2.79 bits per heavy atom. The SMILES string of the molecule is Cc1cc2occ(CN3CCc4nc(S(C)(=O)=O)[nH]c(=O)c4C3)c(=O)c2cc1Cl. The van der Waals surface area contributed by atoms with Gasteiger partial charge in [0.05, 0.1) is 22.9 Å². The lowest BCUT2D eigenvalue weighted by Crippen LogP contribution is -2.37. The Bertz CT molecular complexity index is 1360. The zero-order valence-corrected chi connectivity index (χ0v) is 17.4. The predicted molar refractivity (Wildman–Crippen MR) is 108 cm³/mol. The summed E-state index contributed by atoms with van der Waals surface area (Å²) >= 11 is 6.14. The molecule has 0 saturated carbocycles. The third-order valence-electron chi connectivity index (χ3n) is 5.00. The number of sulfone groups is 1. The van der Waals surface area contributed by atoms with Gasteiger partial charge in [0.15, 0.2) is 5.43 Å². The summed E-state index contributed by atoms with van der Waals surface area (Å²) in [5.41, 5.74) is 1.98. The maximum atomic E-state index is 12.8. The topological polar surface area (TPSA) is 113 Å². The first-order chi connectivity index (χ1) is 13.6. The minimum atomic E-state index is -3.60. The number of hydrogen-bond donors (Lipinski definition) is 1. The van der Waals surface area contributed by atoms with Crippen LogP contribution < -0.4 is 11.0 Å². The Balaban J connectivity index is 1.65. The molecule has 0 spiro atoms. The van der Waals surface area contributed by atoms with Crippen LogP contribution in [-0.4, -0.2) is 36.1 Å². The van der Waals surface area contributed by atoms with Gasteiger partial charge in [-0.2, -0.15) is 0 Å². The van der Waals surface area contributed by atoms with Gasteiger partial charge < -0.3 is 4.42 Å². The van der Waals surface area contributed by atoms with E-state index in [1.165, 1.54) is 6.26 Å². The van der Waals surface area contributed by atoms with Crippen LogP contribution >= 0.6 is 11.6 Å². The number of nitrogens with zero attached hydrogens (tertiary/aromatic N) is 2. The lowest BCUT2D eigenvalue weighted by Gasteiger charge is -2.27. The molecule has 1 aromatic carbocycles. The summed E-state index contributed by atoms with van der Waals surface area (Å²) in [6, 6.07) is 3.33. The van der Waals surface area contributed by atoms with Crippen LogP contribution in [0.3, 0.4) is 0 Å². The van der Waals surface area contributed by atoms with E-state index < -0.39 is 15.4 Å². The zero-order valence-electron chi connectivity index (χ0n) is 15.8. The van der Waals surface area contributed by atoms with Crippen LogP contribution in [-0.2, 0) is 29.3 Å². The molecule has 2 aromatic heterocycles. The minimum absolute atomic E-state index is 0.168. The highest BCUT2D eigenvalue weighted by molar-refractivity contribution is 7.90. The summed E-state index contributed by atoms with van der Waals surface area (Å²) < 4.78 is 29.0. The minimum Gasteiger partial charge on any atom is -0.464 e. The molecule has 29 heavy (non-hydrogen) atoms. The first kappa shape index (κ1) is 19.8. The van der Waals surface area contributed by atoms with Gasteiger partial charge in [-0.15, -0.1) is 0 Å². The quantitative estimate of drug-likeness (QED) is 0.624. The molecule has 0 bridgehead atoms. The molecule has 0 aliphatic carbocycles. The van der Waals surface area contributed by atoms with Crippen LogP contribution in [0.5, 0.6) is 0 Å². The van der Waals surface area contributed by atoms with E-state index >= 15 is 0 Å². The molecule has 4 rings (SSSR count). The molecule has 0 radical (unpaired) electrons. The van der Waals surface area contributed by atoms with Crippen molar-refractivity contribution in [1.29, 1.82) is 0 Å². The van der Waals surface area contributed by atoms with Gasteiger partial charge in [-0.05, 0) is 24.6 Å².